The van der Waals surface area contributed by atoms with E-state index in [1.165, 1.54) is 20.9 Å². The van der Waals surface area contributed by atoms with Crippen LogP contribution in [0.1, 0.15) is 0 Å². The van der Waals surface area contributed by atoms with Crippen molar-refractivity contribution >= 4 is 86.4 Å². The number of rotatable bonds is 4. The molecule has 2 heterocycles. The molecule has 0 fully saturated rings. The van der Waals surface area contributed by atoms with Gasteiger partial charge in [0.15, 0.2) is 0 Å². The minimum Gasteiger partial charge on any atom is -0.144 e. The summed E-state index contributed by atoms with van der Waals surface area (Å²) in [6, 6.07) is 25.9. The van der Waals surface area contributed by atoms with Crippen LogP contribution in [-0.4, -0.2) is 0 Å². The van der Waals surface area contributed by atoms with E-state index in [9.17, 15) is 0 Å². The van der Waals surface area contributed by atoms with Crippen molar-refractivity contribution in [3.63, 3.8) is 0 Å². The van der Waals surface area contributed by atoms with Crippen molar-refractivity contribution in [2.24, 2.45) is 0 Å². The Balaban J connectivity index is 1.53. The zero-order valence-electron chi connectivity index (χ0n) is 16.4. The third-order valence-corrected chi connectivity index (χ3v) is 9.65. The highest BCUT2D eigenvalue weighted by atomic mass is 79.9. The molecule has 158 valence electrons. The van der Waals surface area contributed by atoms with Gasteiger partial charge in [0.05, 0.1) is 0 Å². The first-order valence-corrected chi connectivity index (χ1v) is 14.6. The highest BCUT2D eigenvalue weighted by molar-refractivity contribution is 9.11. The summed E-state index contributed by atoms with van der Waals surface area (Å²) in [5, 5.41) is 4.21. The van der Waals surface area contributed by atoms with Crippen LogP contribution in [0.5, 0.6) is 0 Å². The van der Waals surface area contributed by atoms with Crippen LogP contribution in [-0.2, 0) is 0 Å². The first-order valence-electron chi connectivity index (χ1n) is 9.68. The van der Waals surface area contributed by atoms with Gasteiger partial charge in [-0.2, -0.15) is 0 Å². The van der Waals surface area contributed by atoms with Crippen LogP contribution in [0.2, 0.25) is 0 Å². The summed E-state index contributed by atoms with van der Waals surface area (Å²) in [6.45, 7) is 0. The van der Waals surface area contributed by atoms with Gasteiger partial charge in [0.1, 0.15) is 0 Å². The Hall–Kier alpha value is -1.02. The Kier molecular flexibility index (Phi) is 6.89. The molecule has 0 aliphatic heterocycles. The SMILES string of the molecule is Brc1cc(-c2cccs2)ccc1-c1cc(Br)c(-c2ccc(-c3cccs3)cc2Br)cc1Br. The molecule has 32 heavy (non-hydrogen) atoms. The molecule has 0 unspecified atom stereocenters. The van der Waals surface area contributed by atoms with Gasteiger partial charge in [-0.25, -0.2) is 0 Å². The van der Waals surface area contributed by atoms with Crippen LogP contribution in [0, 0.1) is 0 Å². The summed E-state index contributed by atoms with van der Waals surface area (Å²) in [4.78, 5) is 2.53. The van der Waals surface area contributed by atoms with Crippen molar-refractivity contribution in [3.05, 3.63) is 101 Å². The lowest BCUT2D eigenvalue weighted by molar-refractivity contribution is 1.51. The molecule has 0 amide bonds. The Labute approximate surface area is 228 Å². The predicted octanol–water partition coefficient (Wildman–Crippen LogP) is 11.5. The summed E-state index contributed by atoms with van der Waals surface area (Å²) < 4.78 is 4.25. The second-order valence-corrected chi connectivity index (χ2v) is 12.5. The molecule has 0 bridgehead atoms. The third kappa shape index (κ3) is 4.50. The molecule has 0 saturated carbocycles. The Bertz CT molecular complexity index is 1300. The third-order valence-electron chi connectivity index (χ3n) is 5.19. The van der Waals surface area contributed by atoms with Crippen LogP contribution >= 0.6 is 86.4 Å². The molecule has 0 atom stereocenters. The van der Waals surface area contributed by atoms with Crippen molar-refractivity contribution in [1.82, 2.24) is 0 Å². The predicted molar refractivity (Wildman–Crippen MR) is 155 cm³/mol. The van der Waals surface area contributed by atoms with Gasteiger partial charge >= 0.3 is 0 Å². The van der Waals surface area contributed by atoms with Gasteiger partial charge in [-0.3, -0.25) is 0 Å². The molecular formula is C26H14Br4S2. The maximum Gasteiger partial charge on any atom is 0.0343 e. The van der Waals surface area contributed by atoms with Gasteiger partial charge in [0.25, 0.3) is 0 Å². The number of benzene rings is 3. The summed E-state index contributed by atoms with van der Waals surface area (Å²) in [7, 11) is 0. The van der Waals surface area contributed by atoms with Crippen LogP contribution < -0.4 is 0 Å². The molecule has 6 heteroatoms. The van der Waals surface area contributed by atoms with E-state index in [1.54, 1.807) is 22.7 Å². The smallest absolute Gasteiger partial charge is 0.0343 e. The van der Waals surface area contributed by atoms with Gasteiger partial charge in [0, 0.05) is 27.6 Å². The van der Waals surface area contributed by atoms with Gasteiger partial charge < -0.3 is 0 Å². The first kappa shape index (κ1) is 22.8. The maximum absolute atomic E-state index is 3.82. The first-order chi connectivity index (χ1) is 15.5. The Morgan fingerprint density at radius 3 is 1.19 bits per heavy atom. The van der Waals surface area contributed by atoms with Crippen LogP contribution in [0.15, 0.2) is 101 Å². The quantitative estimate of drug-likeness (QED) is 0.174. The van der Waals surface area contributed by atoms with Crippen LogP contribution in [0.25, 0.3) is 43.1 Å². The van der Waals surface area contributed by atoms with E-state index in [1.807, 2.05) is 0 Å². The van der Waals surface area contributed by atoms with E-state index in [4.69, 9.17) is 0 Å². The van der Waals surface area contributed by atoms with Crippen molar-refractivity contribution in [2.75, 3.05) is 0 Å². The average molecular weight is 710 g/mol. The van der Waals surface area contributed by atoms with E-state index < -0.39 is 0 Å². The highest BCUT2D eigenvalue weighted by Gasteiger charge is 2.15. The molecule has 0 radical (unpaired) electrons. The van der Waals surface area contributed by atoms with Gasteiger partial charge in [-0.1, -0.05) is 100 Å². The lowest BCUT2D eigenvalue weighted by Crippen LogP contribution is -1.88. The topological polar surface area (TPSA) is 0 Å². The van der Waals surface area contributed by atoms with E-state index in [-0.39, 0.29) is 0 Å². The molecule has 0 aliphatic rings. The van der Waals surface area contributed by atoms with Crippen molar-refractivity contribution in [3.8, 4) is 43.1 Å². The molecule has 2 aromatic heterocycles. The number of hydrogen-bond acceptors (Lipinski definition) is 2. The number of halogens is 4. The summed E-state index contributed by atoms with van der Waals surface area (Å²) in [5.41, 5.74) is 7.01. The minimum atomic E-state index is 1.05. The zero-order chi connectivity index (χ0) is 22.2. The largest absolute Gasteiger partial charge is 0.144 e. The van der Waals surface area contributed by atoms with E-state index in [0.29, 0.717) is 0 Å². The fourth-order valence-electron chi connectivity index (χ4n) is 3.62. The van der Waals surface area contributed by atoms with Crippen molar-refractivity contribution < 1.29 is 0 Å². The summed E-state index contributed by atoms with van der Waals surface area (Å²) in [5.74, 6) is 0. The van der Waals surface area contributed by atoms with E-state index >= 15 is 0 Å². The zero-order valence-corrected chi connectivity index (χ0v) is 24.4. The monoisotopic (exact) mass is 706 g/mol. The van der Waals surface area contributed by atoms with Gasteiger partial charge in [-0.15, -0.1) is 22.7 Å². The molecule has 0 N–H and O–H groups in total. The average Bonchev–Trinajstić information content (AvgIpc) is 3.50. The molecule has 5 aromatic rings. The van der Waals surface area contributed by atoms with Crippen molar-refractivity contribution in [2.45, 2.75) is 0 Å². The molecule has 0 nitrogen and oxygen atoms in total. The highest BCUT2D eigenvalue weighted by Crippen LogP contribution is 2.43. The Morgan fingerprint density at radius 2 is 0.844 bits per heavy atom. The lowest BCUT2D eigenvalue weighted by Gasteiger charge is -2.14. The summed E-state index contributed by atoms with van der Waals surface area (Å²) >= 11 is 18.7. The lowest BCUT2D eigenvalue weighted by atomic mass is 9.98. The normalized spacial score (nSPS) is 11.1. The summed E-state index contributed by atoms with van der Waals surface area (Å²) in [6.07, 6.45) is 0. The maximum atomic E-state index is 3.82. The van der Waals surface area contributed by atoms with E-state index in [2.05, 4.69) is 147 Å². The van der Waals surface area contributed by atoms with Gasteiger partial charge in [0.2, 0.25) is 0 Å². The molecular weight excluding hydrogens is 696 g/mol. The molecule has 3 aromatic carbocycles. The fourth-order valence-corrected chi connectivity index (χ4v) is 7.37. The van der Waals surface area contributed by atoms with Gasteiger partial charge in [-0.05, 0) is 80.5 Å². The van der Waals surface area contributed by atoms with Crippen LogP contribution in [0.3, 0.4) is 0 Å². The number of hydrogen-bond donors (Lipinski definition) is 0. The minimum absolute atomic E-state index is 1.05. The van der Waals surface area contributed by atoms with Crippen LogP contribution in [0.4, 0.5) is 0 Å². The van der Waals surface area contributed by atoms with Crippen molar-refractivity contribution in [1.29, 1.82) is 0 Å². The molecule has 0 aliphatic carbocycles. The fraction of sp³-hybridized carbons (Fsp3) is 0. The molecule has 0 spiro atoms. The molecule has 5 rings (SSSR count). The standard InChI is InChI=1S/C26H14Br4S2/c27-21-11-15(25-3-1-9-31-25)5-7-17(21)19-13-24(30)20(14-23(19)29)18-8-6-16(12-22(18)28)26-4-2-10-32-26/h1-14H. The molecule has 0 saturated heterocycles. The second kappa shape index (κ2) is 9.69. The Morgan fingerprint density at radius 1 is 0.438 bits per heavy atom. The second-order valence-electron chi connectivity index (χ2n) is 7.16. The van der Waals surface area contributed by atoms with E-state index in [0.717, 1.165) is 40.1 Å². The number of thiophene rings is 2.